The van der Waals surface area contributed by atoms with E-state index in [4.69, 9.17) is 32.0 Å². The quantitative estimate of drug-likeness (QED) is 0.713. The standard InChI is InChI=1S/C18H19ClN6O2/c1-10-5-15(27-23-10)17-14-7-24(16(20)8-26-2)18(21)12-6-11(19)3-4-13(12)25(14)9-22-17/h3-6,9,16,21H,7-8,20H2,1-2H3. The van der Waals surface area contributed by atoms with Gasteiger partial charge < -0.3 is 19.9 Å². The van der Waals surface area contributed by atoms with Gasteiger partial charge in [-0.25, -0.2) is 4.98 Å². The van der Waals surface area contributed by atoms with Gasteiger partial charge in [-0.3, -0.25) is 9.98 Å². The summed E-state index contributed by atoms with van der Waals surface area (Å²) >= 11 is 6.20. The third-order valence-electron chi connectivity index (χ3n) is 4.55. The van der Waals surface area contributed by atoms with E-state index in [0.29, 0.717) is 28.6 Å². The molecule has 0 radical (unpaired) electrons. The summed E-state index contributed by atoms with van der Waals surface area (Å²) in [4.78, 5) is 6.31. The van der Waals surface area contributed by atoms with Crippen molar-refractivity contribution < 1.29 is 9.26 Å². The smallest absolute Gasteiger partial charge is 0.187 e. The number of imidazole rings is 1. The van der Waals surface area contributed by atoms with E-state index in [-0.39, 0.29) is 12.4 Å². The number of ether oxygens (including phenoxy) is 1. The molecule has 1 aliphatic heterocycles. The lowest BCUT2D eigenvalue weighted by molar-refractivity contribution is 0.127. The van der Waals surface area contributed by atoms with Crippen LogP contribution in [0.1, 0.15) is 17.0 Å². The molecular formula is C18H19ClN6O2. The first kappa shape index (κ1) is 17.7. The minimum atomic E-state index is -0.500. The number of halogens is 1. The van der Waals surface area contributed by atoms with Gasteiger partial charge in [-0.1, -0.05) is 16.8 Å². The molecule has 0 amide bonds. The normalized spacial score (nSPS) is 14.7. The highest BCUT2D eigenvalue weighted by Gasteiger charge is 2.30. The summed E-state index contributed by atoms with van der Waals surface area (Å²) in [5, 5.41) is 13.2. The number of fused-ring (bicyclic) bond motifs is 3. The van der Waals surface area contributed by atoms with Crippen molar-refractivity contribution in [3.05, 3.63) is 52.6 Å². The Kier molecular flexibility index (Phi) is 4.47. The minimum absolute atomic E-state index is 0.278. The van der Waals surface area contributed by atoms with E-state index >= 15 is 0 Å². The summed E-state index contributed by atoms with van der Waals surface area (Å²) in [5.41, 5.74) is 10.1. The molecular weight excluding hydrogens is 368 g/mol. The van der Waals surface area contributed by atoms with E-state index in [1.165, 1.54) is 0 Å². The minimum Gasteiger partial charge on any atom is -0.381 e. The molecule has 0 saturated carbocycles. The van der Waals surface area contributed by atoms with Gasteiger partial charge in [-0.05, 0) is 25.1 Å². The highest BCUT2D eigenvalue weighted by molar-refractivity contribution is 6.31. The Morgan fingerprint density at radius 1 is 1.41 bits per heavy atom. The zero-order valence-electron chi connectivity index (χ0n) is 14.9. The van der Waals surface area contributed by atoms with Gasteiger partial charge in [0.15, 0.2) is 5.76 Å². The summed E-state index contributed by atoms with van der Waals surface area (Å²) < 4.78 is 12.6. The van der Waals surface area contributed by atoms with Crippen molar-refractivity contribution >= 4 is 17.4 Å². The van der Waals surface area contributed by atoms with Gasteiger partial charge in [0.25, 0.3) is 0 Å². The largest absolute Gasteiger partial charge is 0.381 e. The van der Waals surface area contributed by atoms with E-state index in [0.717, 1.165) is 17.1 Å². The number of hydrogen-bond acceptors (Lipinski definition) is 6. The predicted molar refractivity (Wildman–Crippen MR) is 101 cm³/mol. The van der Waals surface area contributed by atoms with Crippen molar-refractivity contribution in [3.63, 3.8) is 0 Å². The molecule has 4 rings (SSSR count). The van der Waals surface area contributed by atoms with Gasteiger partial charge in [0.2, 0.25) is 0 Å². The number of nitrogens with zero attached hydrogens (tertiary/aromatic N) is 4. The lowest BCUT2D eigenvalue weighted by atomic mass is 10.1. The number of aryl methyl sites for hydroxylation is 1. The van der Waals surface area contributed by atoms with Gasteiger partial charge in [0, 0.05) is 23.8 Å². The molecule has 1 aliphatic rings. The fourth-order valence-electron chi connectivity index (χ4n) is 3.26. The van der Waals surface area contributed by atoms with Gasteiger partial charge in [-0.2, -0.15) is 0 Å². The molecule has 140 valence electrons. The van der Waals surface area contributed by atoms with Gasteiger partial charge in [-0.15, -0.1) is 0 Å². The maximum absolute atomic E-state index is 8.73. The van der Waals surface area contributed by atoms with Crippen LogP contribution in [0.25, 0.3) is 17.1 Å². The molecule has 27 heavy (non-hydrogen) atoms. The molecule has 3 aromatic rings. The van der Waals surface area contributed by atoms with Crippen LogP contribution in [0.2, 0.25) is 5.02 Å². The Labute approximate surface area is 161 Å². The van der Waals surface area contributed by atoms with E-state index in [1.807, 2.05) is 23.6 Å². The second kappa shape index (κ2) is 6.80. The first-order valence-electron chi connectivity index (χ1n) is 8.39. The average Bonchev–Trinajstić information content (AvgIpc) is 3.22. The molecule has 2 aromatic heterocycles. The molecule has 0 aliphatic carbocycles. The number of nitrogens with two attached hydrogens (primary N) is 1. The molecule has 1 aromatic carbocycles. The van der Waals surface area contributed by atoms with Crippen LogP contribution < -0.4 is 5.73 Å². The third-order valence-corrected chi connectivity index (χ3v) is 4.78. The molecule has 3 N–H and O–H groups in total. The number of hydrogen-bond donors (Lipinski definition) is 2. The molecule has 0 spiro atoms. The second-order valence-corrected chi connectivity index (χ2v) is 6.84. The van der Waals surface area contributed by atoms with Crippen molar-refractivity contribution in [2.75, 3.05) is 13.7 Å². The van der Waals surface area contributed by atoms with E-state index in [9.17, 15) is 0 Å². The lowest BCUT2D eigenvalue weighted by Gasteiger charge is -2.29. The monoisotopic (exact) mass is 386 g/mol. The Morgan fingerprint density at radius 3 is 2.93 bits per heavy atom. The molecule has 0 bridgehead atoms. The first-order valence-corrected chi connectivity index (χ1v) is 8.77. The maximum Gasteiger partial charge on any atom is 0.187 e. The van der Waals surface area contributed by atoms with Crippen LogP contribution in [0.15, 0.2) is 35.1 Å². The summed E-state index contributed by atoms with van der Waals surface area (Å²) in [6, 6.07) is 7.26. The third kappa shape index (κ3) is 3.01. The summed E-state index contributed by atoms with van der Waals surface area (Å²) in [7, 11) is 1.58. The Morgan fingerprint density at radius 2 is 2.22 bits per heavy atom. The predicted octanol–water partition coefficient (Wildman–Crippen LogP) is 2.56. The van der Waals surface area contributed by atoms with Crippen LogP contribution >= 0.6 is 11.6 Å². The van der Waals surface area contributed by atoms with Crippen LogP contribution in [0.4, 0.5) is 0 Å². The number of nitrogens with one attached hydrogen (secondary N) is 1. The van der Waals surface area contributed by atoms with E-state index in [2.05, 4.69) is 10.1 Å². The number of aromatic nitrogens is 3. The zero-order chi connectivity index (χ0) is 19.1. The van der Waals surface area contributed by atoms with Gasteiger partial charge in [0.1, 0.15) is 24.0 Å². The van der Waals surface area contributed by atoms with Crippen molar-refractivity contribution in [2.24, 2.45) is 5.73 Å². The van der Waals surface area contributed by atoms with Crippen molar-refractivity contribution in [1.29, 1.82) is 5.41 Å². The molecule has 8 nitrogen and oxygen atoms in total. The Bertz CT molecular complexity index is 1010. The summed E-state index contributed by atoms with van der Waals surface area (Å²) in [6.45, 7) is 2.50. The summed E-state index contributed by atoms with van der Waals surface area (Å²) in [5.74, 6) is 0.853. The van der Waals surface area contributed by atoms with E-state index in [1.54, 1.807) is 30.5 Å². The molecule has 0 fully saturated rings. The van der Waals surface area contributed by atoms with Crippen LogP contribution in [0, 0.1) is 12.3 Å². The van der Waals surface area contributed by atoms with Crippen molar-refractivity contribution in [3.8, 4) is 17.1 Å². The maximum atomic E-state index is 8.73. The molecule has 3 heterocycles. The van der Waals surface area contributed by atoms with Crippen LogP contribution in [0.5, 0.6) is 0 Å². The number of amidine groups is 1. The topological polar surface area (TPSA) is 106 Å². The molecule has 1 atom stereocenters. The second-order valence-electron chi connectivity index (χ2n) is 6.40. The van der Waals surface area contributed by atoms with Crippen LogP contribution in [-0.4, -0.2) is 45.3 Å². The number of rotatable bonds is 4. The fourth-order valence-corrected chi connectivity index (χ4v) is 3.43. The Hall–Kier alpha value is -2.68. The lowest BCUT2D eigenvalue weighted by Crippen LogP contribution is -2.47. The number of methoxy groups -OCH3 is 1. The van der Waals surface area contributed by atoms with E-state index < -0.39 is 6.17 Å². The average molecular weight is 387 g/mol. The number of benzene rings is 1. The van der Waals surface area contributed by atoms with Crippen LogP contribution in [-0.2, 0) is 11.3 Å². The first-order chi connectivity index (χ1) is 13.0. The Balaban J connectivity index is 1.91. The van der Waals surface area contributed by atoms with Gasteiger partial charge in [0.05, 0.1) is 30.2 Å². The highest BCUT2D eigenvalue weighted by atomic mass is 35.5. The molecule has 1 unspecified atom stereocenters. The van der Waals surface area contributed by atoms with Crippen molar-refractivity contribution in [1.82, 2.24) is 19.6 Å². The highest BCUT2D eigenvalue weighted by Crippen LogP contribution is 2.32. The van der Waals surface area contributed by atoms with Gasteiger partial charge >= 0.3 is 0 Å². The van der Waals surface area contributed by atoms with Crippen molar-refractivity contribution in [2.45, 2.75) is 19.6 Å². The molecule has 0 saturated heterocycles. The molecule has 9 heteroatoms. The SMILES string of the molecule is COCC(N)N1Cc2c(-c3cc(C)no3)ncn2-c2ccc(Cl)cc2C1=N. The zero-order valence-corrected chi connectivity index (χ0v) is 15.7. The van der Waals surface area contributed by atoms with Crippen LogP contribution in [0.3, 0.4) is 0 Å². The fraction of sp³-hybridized carbons (Fsp3) is 0.278. The summed E-state index contributed by atoms with van der Waals surface area (Å²) in [6.07, 6.45) is 1.22.